The summed E-state index contributed by atoms with van der Waals surface area (Å²) in [7, 11) is 1.45. The minimum Gasteiger partial charge on any atom is -0.493 e. The van der Waals surface area contributed by atoms with Crippen molar-refractivity contribution in [2.75, 3.05) is 7.11 Å². The van der Waals surface area contributed by atoms with E-state index in [0.29, 0.717) is 11.3 Å². The van der Waals surface area contributed by atoms with Crippen LogP contribution in [0.25, 0.3) is 11.4 Å². The quantitative estimate of drug-likeness (QED) is 0.267. The Morgan fingerprint density at radius 2 is 1.72 bits per heavy atom. The van der Waals surface area contributed by atoms with Crippen LogP contribution in [-0.2, 0) is 26.6 Å². The number of carbonyl (C=O) groups is 1. The molecule has 2 aromatic heterocycles. The summed E-state index contributed by atoms with van der Waals surface area (Å²) in [4.78, 5) is 20.0. The maximum atomic E-state index is 11.6. The SMILES string of the molecule is COC1=CC=C/C(=C/NNC(N)=S)C1=O.O.[Cu].c1ccc(-c2ccccn2)nc1. The van der Waals surface area contributed by atoms with Gasteiger partial charge in [0, 0.05) is 41.2 Å². The van der Waals surface area contributed by atoms with E-state index in [1.165, 1.54) is 13.3 Å². The van der Waals surface area contributed by atoms with Crippen LogP contribution in [-0.4, -0.2) is 33.4 Å². The van der Waals surface area contributed by atoms with E-state index < -0.39 is 0 Å². The van der Waals surface area contributed by atoms with Crippen LogP contribution < -0.4 is 16.6 Å². The van der Waals surface area contributed by atoms with Gasteiger partial charge in [0.05, 0.1) is 18.5 Å². The Hall–Kier alpha value is -3.04. The standard InChI is InChI=1S/C10H8N2.C9H11N3O2S.Cu.H2O/c1-3-7-11-9(5-1)10-6-2-4-8-12-10;1-14-7-4-2-3-6(8(7)13)5-11-12-9(10)15;;/h1-8H;2-5,11H,1H3,(H3,10,12,15);;1H2/b;6-5-;;. The number of Topliss-reactive ketones (excluding diaryl/α,β-unsaturated/α-hetero) is 1. The summed E-state index contributed by atoms with van der Waals surface area (Å²) in [5.41, 5.74) is 12.6. The Morgan fingerprint density at radius 1 is 1.14 bits per heavy atom. The Balaban J connectivity index is 0.000000514. The monoisotopic (exact) mass is 462 g/mol. The van der Waals surface area contributed by atoms with Crippen molar-refractivity contribution in [3.63, 3.8) is 0 Å². The molecule has 0 spiro atoms. The number of methoxy groups -OCH3 is 1. The van der Waals surface area contributed by atoms with Crippen LogP contribution in [0, 0.1) is 0 Å². The van der Waals surface area contributed by atoms with Crippen molar-refractivity contribution in [3.05, 3.63) is 84.6 Å². The van der Waals surface area contributed by atoms with Crippen LogP contribution >= 0.6 is 12.2 Å². The van der Waals surface area contributed by atoms with Gasteiger partial charge in [0.15, 0.2) is 10.9 Å². The van der Waals surface area contributed by atoms with Crippen LogP contribution in [0.3, 0.4) is 0 Å². The second-order valence-corrected chi connectivity index (χ2v) is 5.53. The number of thiocarbonyl (C=S) groups is 1. The number of ether oxygens (including phenoxy) is 1. The molecule has 0 saturated heterocycles. The van der Waals surface area contributed by atoms with Gasteiger partial charge in [-0.25, -0.2) is 0 Å². The van der Waals surface area contributed by atoms with E-state index in [-0.39, 0.29) is 33.4 Å². The van der Waals surface area contributed by atoms with Gasteiger partial charge in [-0.3, -0.25) is 20.2 Å². The van der Waals surface area contributed by atoms with E-state index in [4.69, 9.17) is 10.5 Å². The molecule has 8 nitrogen and oxygen atoms in total. The van der Waals surface area contributed by atoms with Crippen molar-refractivity contribution in [2.24, 2.45) is 5.73 Å². The molecule has 0 amide bonds. The molecule has 1 aliphatic carbocycles. The first-order valence-corrected chi connectivity index (χ1v) is 8.33. The molecule has 1 aliphatic rings. The summed E-state index contributed by atoms with van der Waals surface area (Å²) in [6.07, 6.45) is 9.96. The molecule has 0 fully saturated rings. The maximum Gasteiger partial charge on any atom is 0.229 e. The maximum absolute atomic E-state index is 11.6. The molecule has 157 valence electrons. The first-order chi connectivity index (χ1) is 13.1. The summed E-state index contributed by atoms with van der Waals surface area (Å²) in [6.45, 7) is 0. The van der Waals surface area contributed by atoms with E-state index in [0.717, 1.165) is 11.4 Å². The van der Waals surface area contributed by atoms with Crippen molar-refractivity contribution < 1.29 is 32.1 Å². The summed E-state index contributed by atoms with van der Waals surface area (Å²) in [5.74, 6) is 0.0955. The molecule has 0 unspecified atom stereocenters. The van der Waals surface area contributed by atoms with Crippen molar-refractivity contribution in [2.45, 2.75) is 0 Å². The number of allylic oxidation sites excluding steroid dienone is 4. The number of pyridine rings is 2. The van der Waals surface area contributed by atoms with Gasteiger partial charge in [0.25, 0.3) is 0 Å². The number of rotatable bonds is 4. The van der Waals surface area contributed by atoms with Crippen LogP contribution in [0.4, 0.5) is 0 Å². The molecule has 6 N–H and O–H groups in total. The molecule has 1 radical (unpaired) electrons. The number of ketones is 1. The average molecular weight is 463 g/mol. The largest absolute Gasteiger partial charge is 0.493 e. The molecule has 0 atom stereocenters. The average Bonchev–Trinajstić information content (AvgIpc) is 2.71. The molecule has 0 saturated carbocycles. The number of nitrogens with one attached hydrogen (secondary N) is 2. The van der Waals surface area contributed by atoms with E-state index in [1.54, 1.807) is 30.6 Å². The third kappa shape index (κ3) is 8.67. The van der Waals surface area contributed by atoms with Crippen LogP contribution in [0.5, 0.6) is 0 Å². The first kappa shape index (κ1) is 26.0. The summed E-state index contributed by atoms with van der Waals surface area (Å²) in [5, 5.41) is 0.0987. The normalized spacial score (nSPS) is 12.9. The van der Waals surface area contributed by atoms with Crippen LogP contribution in [0.2, 0.25) is 0 Å². The van der Waals surface area contributed by atoms with Gasteiger partial charge >= 0.3 is 0 Å². The van der Waals surface area contributed by atoms with Crippen molar-refractivity contribution >= 4 is 23.1 Å². The van der Waals surface area contributed by atoms with Gasteiger partial charge in [-0.05, 0) is 48.6 Å². The van der Waals surface area contributed by atoms with Crippen molar-refractivity contribution in [1.29, 1.82) is 0 Å². The molecule has 29 heavy (non-hydrogen) atoms. The van der Waals surface area contributed by atoms with Crippen molar-refractivity contribution in [1.82, 2.24) is 20.8 Å². The predicted molar refractivity (Wildman–Crippen MR) is 111 cm³/mol. The number of hydrogen-bond acceptors (Lipinski definition) is 6. The van der Waals surface area contributed by atoms with Crippen molar-refractivity contribution in [3.8, 4) is 11.4 Å². The Bertz CT molecular complexity index is 836. The number of nitrogens with zero attached hydrogens (tertiary/aromatic N) is 2. The summed E-state index contributed by atoms with van der Waals surface area (Å²) >= 11 is 4.57. The third-order valence-corrected chi connectivity index (χ3v) is 3.35. The van der Waals surface area contributed by atoms with Gasteiger partial charge in [-0.2, -0.15) is 0 Å². The Labute approximate surface area is 184 Å². The van der Waals surface area contributed by atoms with E-state index in [2.05, 4.69) is 33.0 Å². The fourth-order valence-corrected chi connectivity index (χ4v) is 2.08. The molecule has 10 heteroatoms. The molecule has 0 bridgehead atoms. The number of nitrogens with two attached hydrogens (primary N) is 1. The topological polar surface area (TPSA) is 134 Å². The second-order valence-electron chi connectivity index (χ2n) is 5.09. The fraction of sp³-hybridized carbons (Fsp3) is 0.0526. The van der Waals surface area contributed by atoms with Gasteiger partial charge in [0.2, 0.25) is 5.78 Å². The number of hydrogen-bond donors (Lipinski definition) is 3. The zero-order chi connectivity index (χ0) is 19.5. The minimum absolute atomic E-state index is 0. The van der Waals surface area contributed by atoms with Crippen LogP contribution in [0.15, 0.2) is 84.6 Å². The number of aromatic nitrogens is 2. The molecular formula is C19H21CuN5O3S. The second kappa shape index (κ2) is 14.0. The minimum atomic E-state index is -0.197. The third-order valence-electron chi connectivity index (χ3n) is 3.24. The van der Waals surface area contributed by atoms with Gasteiger partial charge in [-0.1, -0.05) is 18.2 Å². The smallest absolute Gasteiger partial charge is 0.229 e. The van der Waals surface area contributed by atoms with Crippen LogP contribution in [0.1, 0.15) is 0 Å². The Kier molecular flexibility index (Phi) is 12.6. The fourth-order valence-electron chi connectivity index (χ4n) is 2.02. The molecular weight excluding hydrogens is 442 g/mol. The molecule has 3 rings (SSSR count). The van der Waals surface area contributed by atoms with E-state index in [9.17, 15) is 4.79 Å². The molecule has 2 heterocycles. The summed E-state index contributed by atoms with van der Waals surface area (Å²) < 4.78 is 4.88. The molecule has 0 aliphatic heterocycles. The van der Waals surface area contributed by atoms with Gasteiger partial charge < -0.3 is 21.4 Å². The van der Waals surface area contributed by atoms with Gasteiger partial charge in [-0.15, -0.1) is 0 Å². The molecule has 0 aromatic carbocycles. The predicted octanol–water partition coefficient (Wildman–Crippen LogP) is 1.19. The Morgan fingerprint density at radius 3 is 2.17 bits per heavy atom. The van der Waals surface area contributed by atoms with E-state index in [1.807, 2.05) is 36.4 Å². The van der Waals surface area contributed by atoms with Gasteiger partial charge in [0.1, 0.15) is 0 Å². The first-order valence-electron chi connectivity index (χ1n) is 7.92. The summed E-state index contributed by atoms with van der Waals surface area (Å²) in [6, 6.07) is 11.6. The number of hydrazine groups is 1. The zero-order valence-corrected chi connectivity index (χ0v) is 17.2. The zero-order valence-electron chi connectivity index (χ0n) is 15.4. The van der Waals surface area contributed by atoms with E-state index >= 15 is 0 Å². The molecule has 2 aromatic rings. The number of carbonyl (C=O) groups excluding carboxylic acids is 1.